The lowest BCUT2D eigenvalue weighted by Crippen LogP contribution is -2.45. The van der Waals surface area contributed by atoms with Crippen molar-refractivity contribution in [2.24, 2.45) is 0 Å². The Labute approximate surface area is 137 Å². The summed E-state index contributed by atoms with van der Waals surface area (Å²) in [6, 6.07) is 14.1. The summed E-state index contributed by atoms with van der Waals surface area (Å²) >= 11 is 0. The Morgan fingerprint density at radius 2 is 2.00 bits per heavy atom. The summed E-state index contributed by atoms with van der Waals surface area (Å²) in [5, 5.41) is 0. The molecule has 1 saturated heterocycles. The maximum atomic E-state index is 11.7. The molecule has 124 valence electrons. The Morgan fingerprint density at radius 3 is 2.65 bits per heavy atom. The highest BCUT2D eigenvalue weighted by Crippen LogP contribution is 2.24. The Morgan fingerprint density at radius 1 is 1.22 bits per heavy atom. The van der Waals surface area contributed by atoms with Gasteiger partial charge in [0.25, 0.3) is 0 Å². The number of hydrogen-bond acceptors (Lipinski definition) is 4. The summed E-state index contributed by atoms with van der Waals surface area (Å²) in [5.74, 6) is 0.906. The fraction of sp³-hybridized carbons (Fsp3) is 0.412. The molecule has 2 heterocycles. The monoisotopic (exact) mass is 334 g/mol. The third kappa shape index (κ3) is 4.43. The van der Waals surface area contributed by atoms with E-state index in [2.05, 4.69) is 21.8 Å². The number of benzene rings is 1. The molecule has 6 heteroatoms. The highest BCUT2D eigenvalue weighted by molar-refractivity contribution is 7.88. The van der Waals surface area contributed by atoms with E-state index >= 15 is 0 Å². The van der Waals surface area contributed by atoms with Gasteiger partial charge in [0, 0.05) is 18.6 Å². The molecule has 0 amide bonds. The van der Waals surface area contributed by atoms with E-state index in [4.69, 9.17) is 4.42 Å². The zero-order valence-corrected chi connectivity index (χ0v) is 14.0. The molecule has 1 aromatic carbocycles. The number of rotatable bonds is 6. The first-order valence-corrected chi connectivity index (χ1v) is 9.68. The molecular formula is C17H22N2O3S. The first-order chi connectivity index (χ1) is 11.0. The number of nitrogens with zero attached hydrogens (tertiary/aromatic N) is 1. The van der Waals surface area contributed by atoms with Gasteiger partial charge in [0.1, 0.15) is 5.76 Å². The van der Waals surface area contributed by atoms with Crippen LogP contribution in [0, 0.1) is 0 Å². The Kier molecular flexibility index (Phi) is 4.84. The molecule has 0 spiro atoms. The molecule has 1 aliphatic heterocycles. The van der Waals surface area contributed by atoms with Crippen LogP contribution >= 0.6 is 0 Å². The molecule has 0 saturated carbocycles. The van der Waals surface area contributed by atoms with Crippen molar-refractivity contribution in [1.82, 2.24) is 9.62 Å². The van der Waals surface area contributed by atoms with Gasteiger partial charge in [0.15, 0.2) is 0 Å². The van der Waals surface area contributed by atoms with Crippen LogP contribution in [-0.2, 0) is 23.0 Å². The van der Waals surface area contributed by atoms with Crippen LogP contribution in [0.2, 0.25) is 0 Å². The van der Waals surface area contributed by atoms with Gasteiger partial charge < -0.3 is 4.42 Å². The zero-order valence-electron chi connectivity index (χ0n) is 13.2. The lowest BCUT2D eigenvalue weighted by atomic mass is 10.0. The minimum absolute atomic E-state index is 0.0693. The van der Waals surface area contributed by atoms with Crippen molar-refractivity contribution in [3.8, 4) is 0 Å². The van der Waals surface area contributed by atoms with Crippen molar-refractivity contribution in [1.29, 1.82) is 0 Å². The van der Waals surface area contributed by atoms with Crippen LogP contribution < -0.4 is 4.72 Å². The summed E-state index contributed by atoms with van der Waals surface area (Å²) < 4.78 is 31.6. The molecule has 0 radical (unpaired) electrons. The zero-order chi connectivity index (χ0) is 16.3. The molecule has 0 bridgehead atoms. The Bertz CT molecular complexity index is 714. The topological polar surface area (TPSA) is 62.6 Å². The van der Waals surface area contributed by atoms with Gasteiger partial charge in [-0.05, 0) is 30.5 Å². The largest absolute Gasteiger partial charge is 0.468 e. The molecule has 1 fully saturated rings. The van der Waals surface area contributed by atoms with Crippen molar-refractivity contribution in [2.75, 3.05) is 12.8 Å². The van der Waals surface area contributed by atoms with Crippen LogP contribution in [0.25, 0.3) is 0 Å². The third-order valence-electron chi connectivity index (χ3n) is 4.25. The van der Waals surface area contributed by atoms with Crippen LogP contribution in [0.1, 0.15) is 17.7 Å². The van der Waals surface area contributed by atoms with Crippen LogP contribution in [-0.4, -0.2) is 38.2 Å². The lowest BCUT2D eigenvalue weighted by Gasteiger charge is -2.28. The molecule has 23 heavy (non-hydrogen) atoms. The number of hydrogen-bond donors (Lipinski definition) is 1. The summed E-state index contributed by atoms with van der Waals surface area (Å²) in [6.45, 7) is 1.55. The molecule has 2 aromatic rings. The molecule has 2 atom stereocenters. The molecule has 1 N–H and O–H groups in total. The van der Waals surface area contributed by atoms with Crippen LogP contribution in [0.3, 0.4) is 0 Å². The highest BCUT2D eigenvalue weighted by Gasteiger charge is 2.35. The maximum absolute atomic E-state index is 11.7. The highest BCUT2D eigenvalue weighted by atomic mass is 32.2. The third-order valence-corrected chi connectivity index (χ3v) is 4.98. The van der Waals surface area contributed by atoms with Crippen molar-refractivity contribution in [3.05, 3.63) is 60.1 Å². The Hall–Kier alpha value is -1.63. The quantitative estimate of drug-likeness (QED) is 0.878. The number of sulfonamides is 1. The summed E-state index contributed by atoms with van der Waals surface area (Å²) in [5.41, 5.74) is 1.21. The van der Waals surface area contributed by atoms with Crippen LogP contribution in [0.15, 0.2) is 53.1 Å². The number of furan rings is 1. The van der Waals surface area contributed by atoms with Gasteiger partial charge >= 0.3 is 0 Å². The second kappa shape index (κ2) is 6.86. The van der Waals surface area contributed by atoms with Crippen molar-refractivity contribution in [2.45, 2.75) is 31.5 Å². The maximum Gasteiger partial charge on any atom is 0.209 e. The summed E-state index contributed by atoms with van der Waals surface area (Å²) in [6.07, 6.45) is 4.52. The SMILES string of the molecule is CS(=O)(=O)N[C@@H]1CCN(Cc2ccco2)[C@H]1Cc1ccccc1. The van der Waals surface area contributed by atoms with Crippen molar-refractivity contribution >= 4 is 10.0 Å². The van der Waals surface area contributed by atoms with Gasteiger partial charge in [-0.15, -0.1) is 0 Å². The molecule has 0 unspecified atom stereocenters. The first kappa shape index (κ1) is 16.2. The van der Waals surface area contributed by atoms with E-state index in [9.17, 15) is 8.42 Å². The van der Waals surface area contributed by atoms with Gasteiger partial charge in [-0.3, -0.25) is 4.90 Å². The predicted molar refractivity (Wildman–Crippen MR) is 89.4 cm³/mol. The van der Waals surface area contributed by atoms with Crippen LogP contribution in [0.4, 0.5) is 0 Å². The van der Waals surface area contributed by atoms with Gasteiger partial charge in [-0.1, -0.05) is 30.3 Å². The molecule has 1 aliphatic rings. The lowest BCUT2D eigenvalue weighted by molar-refractivity contribution is 0.213. The molecule has 3 rings (SSSR count). The summed E-state index contributed by atoms with van der Waals surface area (Å²) in [7, 11) is -3.22. The van der Waals surface area contributed by atoms with E-state index in [0.29, 0.717) is 6.54 Å². The van der Waals surface area contributed by atoms with Crippen LogP contribution in [0.5, 0.6) is 0 Å². The van der Waals surface area contributed by atoms with Gasteiger partial charge in [-0.2, -0.15) is 0 Å². The van der Waals surface area contributed by atoms with E-state index in [-0.39, 0.29) is 12.1 Å². The minimum Gasteiger partial charge on any atom is -0.468 e. The van der Waals surface area contributed by atoms with Gasteiger partial charge in [-0.25, -0.2) is 13.1 Å². The molecular weight excluding hydrogens is 312 g/mol. The summed E-state index contributed by atoms with van der Waals surface area (Å²) in [4.78, 5) is 2.30. The smallest absolute Gasteiger partial charge is 0.209 e. The van der Waals surface area contributed by atoms with E-state index in [1.54, 1.807) is 6.26 Å². The first-order valence-electron chi connectivity index (χ1n) is 7.79. The van der Waals surface area contributed by atoms with Crippen molar-refractivity contribution in [3.63, 3.8) is 0 Å². The van der Waals surface area contributed by atoms with E-state index < -0.39 is 10.0 Å². The standard InChI is InChI=1S/C17H22N2O3S/c1-23(20,21)18-16-9-10-19(13-15-8-5-11-22-15)17(16)12-14-6-3-2-4-7-14/h2-8,11,16-18H,9-10,12-13H2,1H3/t16-,17+/m1/s1. The van der Waals surface area contributed by atoms with Gasteiger partial charge in [0.2, 0.25) is 10.0 Å². The Balaban J connectivity index is 1.78. The predicted octanol–water partition coefficient (Wildman–Crippen LogP) is 2.01. The van der Waals surface area contributed by atoms with E-state index in [0.717, 1.165) is 25.1 Å². The second-order valence-corrected chi connectivity index (χ2v) is 7.87. The van der Waals surface area contributed by atoms with E-state index in [1.165, 1.54) is 11.8 Å². The molecule has 0 aliphatic carbocycles. The molecule has 1 aromatic heterocycles. The average molecular weight is 334 g/mol. The minimum atomic E-state index is -3.22. The second-order valence-electron chi connectivity index (χ2n) is 6.09. The number of likely N-dealkylation sites (tertiary alicyclic amines) is 1. The number of nitrogens with one attached hydrogen (secondary N) is 1. The van der Waals surface area contributed by atoms with Gasteiger partial charge in [0.05, 0.1) is 19.1 Å². The fourth-order valence-electron chi connectivity index (χ4n) is 3.26. The fourth-order valence-corrected chi connectivity index (χ4v) is 4.08. The normalized spacial score (nSPS) is 22.5. The molecule has 5 nitrogen and oxygen atoms in total. The van der Waals surface area contributed by atoms with E-state index in [1.807, 2.05) is 30.3 Å². The average Bonchev–Trinajstić information content (AvgIpc) is 3.12. The van der Waals surface area contributed by atoms with Crippen molar-refractivity contribution < 1.29 is 12.8 Å².